The lowest BCUT2D eigenvalue weighted by atomic mass is 9.68. The molecule has 0 bridgehead atoms. The van der Waals surface area contributed by atoms with Crippen LogP contribution in [0.1, 0.15) is 25.3 Å². The molecular formula is C25H21NO5S. The zero-order valence-corrected chi connectivity index (χ0v) is 18.2. The van der Waals surface area contributed by atoms with E-state index in [-0.39, 0.29) is 23.5 Å². The van der Waals surface area contributed by atoms with Crippen molar-refractivity contribution in [2.45, 2.75) is 30.7 Å². The maximum Gasteiger partial charge on any atom is 0.264 e. The third kappa shape index (κ3) is 2.99. The lowest BCUT2D eigenvalue weighted by molar-refractivity contribution is -0.137. The Hall–Kier alpha value is -3.32. The minimum atomic E-state index is -4.03. The summed E-state index contributed by atoms with van der Waals surface area (Å²) < 4.78 is 28.5. The highest BCUT2D eigenvalue weighted by Gasteiger charge is 2.54. The molecule has 6 nitrogen and oxygen atoms in total. The van der Waals surface area contributed by atoms with E-state index in [1.54, 1.807) is 49.4 Å². The number of benzene rings is 2. The molecule has 32 heavy (non-hydrogen) atoms. The normalized spacial score (nSPS) is 25.5. The van der Waals surface area contributed by atoms with Crippen LogP contribution in [0.4, 0.5) is 0 Å². The smallest absolute Gasteiger partial charge is 0.264 e. The first-order valence-electron chi connectivity index (χ1n) is 10.5. The summed E-state index contributed by atoms with van der Waals surface area (Å²) in [4.78, 5) is 39.0. The predicted octanol–water partition coefficient (Wildman–Crippen LogP) is 3.16. The van der Waals surface area contributed by atoms with Crippen LogP contribution in [0.3, 0.4) is 0 Å². The standard InChI is InChI=1S/C25H21NO5S/c1-15-12-17(27)13-19-21(15)24(28)25(29)22-20(16-8-4-2-5-9-16)14-26(23(19)22)32(30,31)18-10-6-3-7-11-18/h2-11,14-15,22-23H,12-13H2,1H3. The highest BCUT2D eigenvalue weighted by Crippen LogP contribution is 2.49. The van der Waals surface area contributed by atoms with Gasteiger partial charge in [-0.2, -0.15) is 0 Å². The Morgan fingerprint density at radius 3 is 2.19 bits per heavy atom. The van der Waals surface area contributed by atoms with E-state index in [2.05, 4.69) is 0 Å². The SMILES string of the molecule is CC1CC(=O)CC2=C1C(=O)C(=O)C1C(c3ccccc3)=CN(S(=O)(=O)c3ccccc3)C21. The minimum absolute atomic E-state index is 0.0173. The van der Waals surface area contributed by atoms with Gasteiger partial charge in [0.1, 0.15) is 5.78 Å². The molecular weight excluding hydrogens is 426 g/mol. The fraction of sp³-hybridized carbons (Fsp3) is 0.240. The Morgan fingerprint density at radius 1 is 0.906 bits per heavy atom. The van der Waals surface area contributed by atoms with Gasteiger partial charge in [0.05, 0.1) is 16.9 Å². The molecule has 1 heterocycles. The van der Waals surface area contributed by atoms with Crippen molar-refractivity contribution in [2.75, 3.05) is 0 Å². The zero-order valence-electron chi connectivity index (χ0n) is 17.4. The van der Waals surface area contributed by atoms with E-state index < -0.39 is 39.5 Å². The Labute approximate surface area is 186 Å². The van der Waals surface area contributed by atoms with E-state index in [1.807, 2.05) is 6.07 Å². The first-order valence-corrected chi connectivity index (χ1v) is 11.9. The van der Waals surface area contributed by atoms with Gasteiger partial charge < -0.3 is 0 Å². The van der Waals surface area contributed by atoms with E-state index in [0.29, 0.717) is 22.3 Å². The minimum Gasteiger partial charge on any atom is -0.299 e. The van der Waals surface area contributed by atoms with Crippen molar-refractivity contribution in [3.05, 3.63) is 83.6 Å². The molecule has 3 aliphatic rings. The Kier molecular flexibility index (Phi) is 4.74. The number of hydrogen-bond donors (Lipinski definition) is 0. The number of sulfonamides is 1. The van der Waals surface area contributed by atoms with E-state index >= 15 is 0 Å². The molecule has 0 amide bonds. The van der Waals surface area contributed by atoms with Crippen molar-refractivity contribution in [1.82, 2.24) is 4.31 Å². The number of hydrogen-bond acceptors (Lipinski definition) is 5. The predicted molar refractivity (Wildman–Crippen MR) is 118 cm³/mol. The Morgan fingerprint density at radius 2 is 1.53 bits per heavy atom. The second-order valence-corrected chi connectivity index (χ2v) is 10.3. The van der Waals surface area contributed by atoms with Gasteiger partial charge in [-0.1, -0.05) is 55.5 Å². The highest BCUT2D eigenvalue weighted by molar-refractivity contribution is 7.89. The second kappa shape index (κ2) is 7.38. The molecule has 7 heteroatoms. The molecule has 2 aliphatic carbocycles. The van der Waals surface area contributed by atoms with Crippen molar-refractivity contribution < 1.29 is 22.8 Å². The van der Waals surface area contributed by atoms with Gasteiger partial charge in [-0.05, 0) is 34.8 Å². The summed E-state index contributed by atoms with van der Waals surface area (Å²) in [5.74, 6) is -2.65. The van der Waals surface area contributed by atoms with Crippen LogP contribution in [0.2, 0.25) is 0 Å². The summed E-state index contributed by atoms with van der Waals surface area (Å²) in [5, 5.41) is 0. The number of ketones is 3. The Balaban J connectivity index is 1.75. The number of carbonyl (C=O) groups excluding carboxylic acids is 3. The van der Waals surface area contributed by atoms with Crippen LogP contribution < -0.4 is 0 Å². The van der Waals surface area contributed by atoms with Crippen molar-refractivity contribution in [3.8, 4) is 0 Å². The number of allylic oxidation sites excluding steroid dienone is 1. The third-order valence-corrected chi connectivity index (χ3v) is 8.24. The molecule has 1 aliphatic heterocycles. The van der Waals surface area contributed by atoms with Crippen LogP contribution in [-0.2, 0) is 24.4 Å². The van der Waals surface area contributed by atoms with Gasteiger partial charge in [0.15, 0.2) is 0 Å². The average Bonchev–Trinajstić information content (AvgIpc) is 3.20. The molecule has 0 spiro atoms. The molecule has 0 saturated carbocycles. The fourth-order valence-electron chi connectivity index (χ4n) is 5.12. The summed E-state index contributed by atoms with van der Waals surface area (Å²) >= 11 is 0. The lowest BCUT2D eigenvalue weighted by Crippen LogP contribution is -2.49. The maximum atomic E-state index is 13.7. The summed E-state index contributed by atoms with van der Waals surface area (Å²) in [6.07, 6.45) is 1.63. The van der Waals surface area contributed by atoms with Gasteiger partial charge in [-0.3, -0.25) is 18.7 Å². The lowest BCUT2D eigenvalue weighted by Gasteiger charge is -2.38. The van der Waals surface area contributed by atoms with Crippen LogP contribution in [0, 0.1) is 11.8 Å². The molecule has 0 radical (unpaired) electrons. The van der Waals surface area contributed by atoms with Gasteiger partial charge in [-0.15, -0.1) is 0 Å². The first-order chi connectivity index (χ1) is 15.3. The van der Waals surface area contributed by atoms with E-state index in [4.69, 9.17) is 0 Å². The molecule has 162 valence electrons. The van der Waals surface area contributed by atoms with Crippen LogP contribution in [0.15, 0.2) is 82.9 Å². The van der Waals surface area contributed by atoms with E-state index in [1.165, 1.54) is 22.6 Å². The third-order valence-electron chi connectivity index (χ3n) is 6.49. The molecule has 0 aromatic heterocycles. The van der Waals surface area contributed by atoms with Gasteiger partial charge in [-0.25, -0.2) is 8.42 Å². The first kappa shape index (κ1) is 20.6. The number of nitrogens with zero attached hydrogens (tertiary/aromatic N) is 1. The Bertz CT molecular complexity index is 1310. The molecule has 2 aromatic carbocycles. The molecule has 3 atom stereocenters. The number of rotatable bonds is 3. The van der Waals surface area contributed by atoms with Crippen LogP contribution >= 0.6 is 0 Å². The van der Waals surface area contributed by atoms with Crippen molar-refractivity contribution in [3.63, 3.8) is 0 Å². The van der Waals surface area contributed by atoms with Gasteiger partial charge in [0, 0.05) is 24.6 Å². The van der Waals surface area contributed by atoms with Gasteiger partial charge in [0.2, 0.25) is 11.6 Å². The number of carbonyl (C=O) groups is 3. The van der Waals surface area contributed by atoms with Crippen molar-refractivity contribution in [2.24, 2.45) is 11.8 Å². The average molecular weight is 448 g/mol. The maximum absolute atomic E-state index is 13.7. The van der Waals surface area contributed by atoms with Gasteiger partial charge >= 0.3 is 0 Å². The summed E-state index contributed by atoms with van der Waals surface area (Å²) in [5.41, 5.74) is 1.93. The number of fused-ring (bicyclic) bond motifs is 2. The largest absolute Gasteiger partial charge is 0.299 e. The summed E-state index contributed by atoms with van der Waals surface area (Å²) in [6.45, 7) is 1.74. The molecule has 0 saturated heterocycles. The van der Waals surface area contributed by atoms with Crippen LogP contribution in [0.5, 0.6) is 0 Å². The second-order valence-electron chi connectivity index (χ2n) is 8.47. The van der Waals surface area contributed by atoms with E-state index in [0.717, 1.165) is 0 Å². The summed E-state index contributed by atoms with van der Waals surface area (Å²) in [6, 6.07) is 16.1. The molecule has 5 rings (SSSR count). The van der Waals surface area contributed by atoms with Crippen molar-refractivity contribution >= 4 is 32.9 Å². The topological polar surface area (TPSA) is 88.6 Å². The monoisotopic (exact) mass is 447 g/mol. The van der Waals surface area contributed by atoms with Gasteiger partial charge in [0.25, 0.3) is 10.0 Å². The van der Waals surface area contributed by atoms with Crippen LogP contribution in [-0.4, -0.2) is 36.1 Å². The zero-order chi connectivity index (χ0) is 22.6. The molecule has 0 fully saturated rings. The van der Waals surface area contributed by atoms with Crippen LogP contribution in [0.25, 0.3) is 5.57 Å². The van der Waals surface area contributed by atoms with Crippen molar-refractivity contribution in [1.29, 1.82) is 0 Å². The molecule has 0 N–H and O–H groups in total. The summed E-state index contributed by atoms with van der Waals surface area (Å²) in [7, 11) is -4.03. The highest BCUT2D eigenvalue weighted by atomic mass is 32.2. The number of Topliss-reactive ketones (excluding diaryl/α,β-unsaturated/α-hetero) is 3. The quantitative estimate of drug-likeness (QED) is 0.675. The molecule has 3 unspecified atom stereocenters. The fourth-order valence-corrected chi connectivity index (χ4v) is 6.66. The van der Waals surface area contributed by atoms with E-state index in [9.17, 15) is 22.8 Å². The molecule has 2 aromatic rings.